The molecule has 0 aromatic heterocycles. The first-order chi connectivity index (χ1) is 8.75. The van der Waals surface area contributed by atoms with E-state index in [1.807, 2.05) is 6.07 Å². The van der Waals surface area contributed by atoms with Crippen molar-refractivity contribution in [3.63, 3.8) is 0 Å². The van der Waals surface area contributed by atoms with Gasteiger partial charge in [0, 0.05) is 0 Å². The van der Waals surface area contributed by atoms with Crippen molar-refractivity contribution in [1.82, 2.24) is 0 Å². The van der Waals surface area contributed by atoms with Gasteiger partial charge in [-0.2, -0.15) is 0 Å². The molecule has 0 heterocycles. The molecule has 0 unspecified atom stereocenters. The third kappa shape index (κ3) is 3.66. The van der Waals surface area contributed by atoms with Gasteiger partial charge < -0.3 is 5.02 Å². The van der Waals surface area contributed by atoms with Crippen molar-refractivity contribution in [2.75, 3.05) is 0 Å². The molecule has 0 spiro atoms. The van der Waals surface area contributed by atoms with Crippen LogP contribution >= 0.6 is 0 Å². The molecule has 0 amide bonds. The Morgan fingerprint density at radius 2 is 1.83 bits per heavy atom. The van der Waals surface area contributed by atoms with Crippen LogP contribution in [0, 0.1) is 5.82 Å². The molecule has 2 aromatic rings. The van der Waals surface area contributed by atoms with E-state index in [-0.39, 0.29) is 12.4 Å². The van der Waals surface area contributed by atoms with Crippen molar-refractivity contribution in [3.8, 4) is 0 Å². The predicted octanol–water partition coefficient (Wildman–Crippen LogP) is 1.66. The van der Waals surface area contributed by atoms with Crippen LogP contribution in [0.2, 0.25) is 0 Å². The molecular weight excluding hydrogens is 234 g/mol. The van der Waals surface area contributed by atoms with Crippen molar-refractivity contribution in [2.45, 2.75) is 6.61 Å². The van der Waals surface area contributed by atoms with Crippen LogP contribution in [0.5, 0.6) is 0 Å². The van der Waals surface area contributed by atoms with Gasteiger partial charge in [-0.15, -0.1) is 0 Å². The summed E-state index contributed by atoms with van der Waals surface area (Å²) in [6.07, 6.45) is 0. The zero-order valence-corrected chi connectivity index (χ0v) is 9.62. The van der Waals surface area contributed by atoms with Crippen molar-refractivity contribution >= 4 is 12.6 Å². The summed E-state index contributed by atoms with van der Waals surface area (Å²) in [4.78, 5) is 9.68. The van der Waals surface area contributed by atoms with Crippen LogP contribution in [-0.4, -0.2) is 12.1 Å². The summed E-state index contributed by atoms with van der Waals surface area (Å²) in [6.45, 7) is 0.0711. The minimum atomic E-state index is -1.15. The van der Waals surface area contributed by atoms with E-state index in [9.17, 15) is 9.41 Å². The third-order valence-corrected chi connectivity index (χ3v) is 2.36. The van der Waals surface area contributed by atoms with Gasteiger partial charge in [-0.05, 0) is 23.2 Å². The van der Waals surface area contributed by atoms with Gasteiger partial charge in [0.1, 0.15) is 12.4 Å². The fraction of sp³-hybridized carbons (Fsp3) is 0.0769. The van der Waals surface area contributed by atoms with E-state index in [0.29, 0.717) is 11.0 Å². The molecule has 3 nitrogen and oxygen atoms in total. The highest BCUT2D eigenvalue weighted by Gasteiger charge is 2.17. The van der Waals surface area contributed by atoms with E-state index < -0.39 is 7.12 Å². The number of hydrogen-bond donors (Lipinski definition) is 1. The van der Waals surface area contributed by atoms with E-state index in [0.717, 1.165) is 0 Å². The Morgan fingerprint density at radius 1 is 1.06 bits per heavy atom. The maximum Gasteiger partial charge on any atom is 0.523 e. The second-order valence-electron chi connectivity index (χ2n) is 3.75. The Balaban J connectivity index is 1.82. The molecule has 0 aliphatic rings. The van der Waals surface area contributed by atoms with Crippen LogP contribution in [0.15, 0.2) is 54.6 Å². The Morgan fingerprint density at radius 3 is 2.56 bits per heavy atom. The van der Waals surface area contributed by atoms with Gasteiger partial charge in [0.2, 0.25) is 0 Å². The van der Waals surface area contributed by atoms with Gasteiger partial charge in [0.25, 0.3) is 0 Å². The number of halogens is 1. The maximum absolute atomic E-state index is 12.9. The quantitative estimate of drug-likeness (QED) is 0.495. The molecule has 2 rings (SSSR count). The second kappa shape index (κ2) is 6.30. The molecular formula is C13H12BFO3. The zero-order valence-electron chi connectivity index (χ0n) is 9.62. The molecule has 18 heavy (non-hydrogen) atoms. The second-order valence-corrected chi connectivity index (χ2v) is 3.75. The lowest BCUT2D eigenvalue weighted by Gasteiger charge is -2.07. The average molecular weight is 246 g/mol. The normalized spacial score (nSPS) is 10.3. The Hall–Kier alpha value is -1.69. The first-order valence-corrected chi connectivity index (χ1v) is 5.51. The molecule has 0 atom stereocenters. The van der Waals surface area contributed by atoms with Gasteiger partial charge in [0.15, 0.2) is 0 Å². The molecule has 0 aliphatic carbocycles. The average Bonchev–Trinajstić information content (AvgIpc) is 2.40. The molecule has 5 heteroatoms. The van der Waals surface area contributed by atoms with E-state index >= 15 is 0 Å². The van der Waals surface area contributed by atoms with Crippen LogP contribution in [0.4, 0.5) is 4.39 Å². The standard InChI is InChI=1S/C13H12BFO3/c15-13-8-4-5-11(9-13)10-17-18-14(16)12-6-2-1-3-7-12/h1-9,16H,10H2. The molecule has 0 bridgehead atoms. The van der Waals surface area contributed by atoms with Gasteiger partial charge in [-0.25, -0.2) is 9.28 Å². The number of hydrogen-bond acceptors (Lipinski definition) is 3. The Bertz CT molecular complexity index is 493. The summed E-state index contributed by atoms with van der Waals surface area (Å²) < 4.78 is 12.9. The maximum atomic E-state index is 12.9. The summed E-state index contributed by atoms with van der Waals surface area (Å²) in [5, 5.41) is 9.63. The minimum Gasteiger partial charge on any atom is -0.422 e. The molecule has 92 valence electrons. The Labute approximate surface area is 105 Å². The van der Waals surface area contributed by atoms with E-state index in [4.69, 9.17) is 9.69 Å². The summed E-state index contributed by atoms with van der Waals surface area (Å²) in [7, 11) is -1.15. The van der Waals surface area contributed by atoms with Gasteiger partial charge in [-0.3, -0.25) is 4.81 Å². The summed E-state index contributed by atoms with van der Waals surface area (Å²) >= 11 is 0. The monoisotopic (exact) mass is 246 g/mol. The van der Waals surface area contributed by atoms with Crippen molar-refractivity contribution in [2.24, 2.45) is 0 Å². The Kier molecular flexibility index (Phi) is 4.47. The first-order valence-electron chi connectivity index (χ1n) is 5.51. The highest BCUT2D eigenvalue weighted by molar-refractivity contribution is 6.59. The molecule has 2 aromatic carbocycles. The molecule has 0 radical (unpaired) electrons. The van der Waals surface area contributed by atoms with Crippen LogP contribution in [0.3, 0.4) is 0 Å². The summed E-state index contributed by atoms with van der Waals surface area (Å²) in [6, 6.07) is 14.8. The minimum absolute atomic E-state index is 0.0711. The van der Waals surface area contributed by atoms with Crippen LogP contribution in [0.1, 0.15) is 5.56 Å². The van der Waals surface area contributed by atoms with Crippen molar-refractivity contribution in [1.29, 1.82) is 0 Å². The van der Waals surface area contributed by atoms with Crippen molar-refractivity contribution < 1.29 is 19.1 Å². The lowest BCUT2D eigenvalue weighted by atomic mass is 9.80. The fourth-order valence-corrected chi connectivity index (χ4v) is 1.47. The van der Waals surface area contributed by atoms with E-state index in [1.54, 1.807) is 36.4 Å². The lowest BCUT2D eigenvalue weighted by Crippen LogP contribution is -2.33. The van der Waals surface area contributed by atoms with Gasteiger partial charge in [0.05, 0.1) is 0 Å². The molecule has 1 N–H and O–H groups in total. The van der Waals surface area contributed by atoms with Crippen LogP contribution < -0.4 is 5.46 Å². The van der Waals surface area contributed by atoms with Crippen LogP contribution in [0.25, 0.3) is 0 Å². The molecule has 0 saturated carbocycles. The third-order valence-electron chi connectivity index (χ3n) is 2.36. The highest BCUT2D eigenvalue weighted by Crippen LogP contribution is 2.05. The van der Waals surface area contributed by atoms with E-state index in [1.165, 1.54) is 12.1 Å². The lowest BCUT2D eigenvalue weighted by molar-refractivity contribution is -0.231. The summed E-state index contributed by atoms with van der Waals surface area (Å²) in [5.41, 5.74) is 1.23. The van der Waals surface area contributed by atoms with Gasteiger partial charge >= 0.3 is 7.12 Å². The van der Waals surface area contributed by atoms with E-state index in [2.05, 4.69) is 0 Å². The first kappa shape index (κ1) is 12.8. The summed E-state index contributed by atoms with van der Waals surface area (Å²) in [5.74, 6) is -0.334. The largest absolute Gasteiger partial charge is 0.523 e. The predicted molar refractivity (Wildman–Crippen MR) is 66.3 cm³/mol. The number of rotatable bonds is 5. The molecule has 0 saturated heterocycles. The SMILES string of the molecule is OB(OOCc1cccc(F)c1)c1ccccc1. The topological polar surface area (TPSA) is 38.7 Å². The zero-order chi connectivity index (χ0) is 12.8. The molecule has 0 fully saturated rings. The highest BCUT2D eigenvalue weighted by atomic mass is 19.1. The molecule has 0 aliphatic heterocycles. The fourth-order valence-electron chi connectivity index (χ4n) is 1.47. The van der Waals surface area contributed by atoms with Gasteiger partial charge in [-0.1, -0.05) is 42.5 Å². The van der Waals surface area contributed by atoms with Crippen LogP contribution in [-0.2, 0) is 16.3 Å². The number of benzene rings is 2. The smallest absolute Gasteiger partial charge is 0.422 e. The van der Waals surface area contributed by atoms with Crippen molar-refractivity contribution in [3.05, 3.63) is 66.0 Å².